The Kier molecular flexibility index (Phi) is 5.78. The molecule has 1 aliphatic rings. The first-order valence-corrected chi connectivity index (χ1v) is 10.1. The number of aryl methyl sites for hydroxylation is 1. The molecule has 2 atom stereocenters. The third kappa shape index (κ3) is 4.51. The zero-order chi connectivity index (χ0) is 18.7. The van der Waals surface area contributed by atoms with Crippen LogP contribution in [-0.2, 0) is 4.74 Å². The standard InChI is InChI=1S/C21H28N2O2S/c1-14-13-26-20(23-14)16-9-7-15(8-10-16)19(24)22-12-17-6-5-11-25-18(17)21(2,3)4/h7-10,13,17-18H,5-6,11-12H2,1-4H3,(H,22,24). The number of ether oxygens (including phenoxy) is 1. The number of hydrogen-bond acceptors (Lipinski definition) is 4. The molecule has 5 heteroatoms. The van der Waals surface area contributed by atoms with Crippen molar-refractivity contribution in [2.45, 2.75) is 46.6 Å². The molecule has 0 radical (unpaired) electrons. The maximum atomic E-state index is 12.5. The maximum Gasteiger partial charge on any atom is 0.251 e. The van der Waals surface area contributed by atoms with Gasteiger partial charge >= 0.3 is 0 Å². The van der Waals surface area contributed by atoms with E-state index in [1.165, 1.54) is 0 Å². The van der Waals surface area contributed by atoms with Crippen molar-refractivity contribution < 1.29 is 9.53 Å². The van der Waals surface area contributed by atoms with Gasteiger partial charge in [-0.05, 0) is 37.3 Å². The Bertz CT molecular complexity index is 746. The normalized spacial score (nSPS) is 20.8. The molecule has 140 valence electrons. The molecular formula is C21H28N2O2S. The molecule has 0 saturated carbocycles. The van der Waals surface area contributed by atoms with E-state index in [1.807, 2.05) is 36.6 Å². The van der Waals surface area contributed by atoms with E-state index < -0.39 is 0 Å². The first-order chi connectivity index (χ1) is 12.3. The molecule has 1 saturated heterocycles. The molecule has 4 nitrogen and oxygen atoms in total. The molecule has 0 bridgehead atoms. The highest BCUT2D eigenvalue weighted by molar-refractivity contribution is 7.13. The van der Waals surface area contributed by atoms with E-state index in [0.29, 0.717) is 18.0 Å². The van der Waals surface area contributed by atoms with Gasteiger partial charge in [0.25, 0.3) is 5.91 Å². The molecule has 2 heterocycles. The number of thiazole rings is 1. The van der Waals surface area contributed by atoms with Crippen LogP contribution in [0.4, 0.5) is 0 Å². The summed E-state index contributed by atoms with van der Waals surface area (Å²) in [6, 6.07) is 7.68. The van der Waals surface area contributed by atoms with Crippen LogP contribution in [0.15, 0.2) is 29.6 Å². The van der Waals surface area contributed by atoms with E-state index in [-0.39, 0.29) is 17.4 Å². The first-order valence-electron chi connectivity index (χ1n) is 9.27. The van der Waals surface area contributed by atoms with Crippen molar-refractivity contribution in [3.8, 4) is 10.6 Å². The lowest BCUT2D eigenvalue weighted by Gasteiger charge is -2.40. The monoisotopic (exact) mass is 372 g/mol. The topological polar surface area (TPSA) is 51.2 Å². The molecule has 1 amide bonds. The van der Waals surface area contributed by atoms with Crippen LogP contribution in [0, 0.1) is 18.3 Å². The molecular weight excluding hydrogens is 344 g/mol. The van der Waals surface area contributed by atoms with Gasteiger partial charge in [-0.1, -0.05) is 32.9 Å². The summed E-state index contributed by atoms with van der Waals surface area (Å²) in [7, 11) is 0. The van der Waals surface area contributed by atoms with Crippen molar-refractivity contribution in [3.05, 3.63) is 40.9 Å². The van der Waals surface area contributed by atoms with E-state index in [9.17, 15) is 4.79 Å². The maximum absolute atomic E-state index is 12.5. The van der Waals surface area contributed by atoms with Crippen LogP contribution in [0.2, 0.25) is 0 Å². The number of benzene rings is 1. The van der Waals surface area contributed by atoms with Crippen molar-refractivity contribution in [1.82, 2.24) is 10.3 Å². The molecule has 26 heavy (non-hydrogen) atoms. The Labute approximate surface area is 160 Å². The number of nitrogens with zero attached hydrogens (tertiary/aromatic N) is 1. The van der Waals surface area contributed by atoms with E-state index >= 15 is 0 Å². The molecule has 1 N–H and O–H groups in total. The van der Waals surface area contributed by atoms with E-state index in [1.54, 1.807) is 11.3 Å². The van der Waals surface area contributed by atoms with Gasteiger partial charge in [-0.15, -0.1) is 11.3 Å². The van der Waals surface area contributed by atoms with Gasteiger partial charge < -0.3 is 10.1 Å². The van der Waals surface area contributed by atoms with Crippen molar-refractivity contribution in [2.24, 2.45) is 11.3 Å². The quantitative estimate of drug-likeness (QED) is 0.847. The van der Waals surface area contributed by atoms with E-state index in [2.05, 4.69) is 31.1 Å². The van der Waals surface area contributed by atoms with Gasteiger partial charge in [0, 0.05) is 41.3 Å². The lowest BCUT2D eigenvalue weighted by atomic mass is 9.78. The number of hydrogen-bond donors (Lipinski definition) is 1. The molecule has 1 aromatic carbocycles. The highest BCUT2D eigenvalue weighted by Crippen LogP contribution is 2.33. The molecule has 0 aliphatic carbocycles. The summed E-state index contributed by atoms with van der Waals surface area (Å²) in [5.74, 6) is 0.343. The fourth-order valence-corrected chi connectivity index (χ4v) is 4.39. The van der Waals surface area contributed by atoms with Crippen molar-refractivity contribution in [2.75, 3.05) is 13.2 Å². The minimum Gasteiger partial charge on any atom is -0.377 e. The van der Waals surface area contributed by atoms with E-state index in [0.717, 1.165) is 35.7 Å². The number of carbonyl (C=O) groups is 1. The SMILES string of the molecule is Cc1csc(-c2ccc(C(=O)NCC3CCCOC3C(C)(C)C)cc2)n1. The van der Waals surface area contributed by atoms with Crippen molar-refractivity contribution >= 4 is 17.2 Å². The summed E-state index contributed by atoms with van der Waals surface area (Å²) < 4.78 is 6.00. The van der Waals surface area contributed by atoms with Crippen LogP contribution in [-0.4, -0.2) is 30.1 Å². The lowest BCUT2D eigenvalue weighted by Crippen LogP contribution is -2.45. The molecule has 0 spiro atoms. The average Bonchev–Trinajstić information content (AvgIpc) is 3.06. The van der Waals surface area contributed by atoms with Gasteiger partial charge in [-0.3, -0.25) is 4.79 Å². The third-order valence-corrected chi connectivity index (χ3v) is 5.85. The van der Waals surface area contributed by atoms with Gasteiger partial charge in [0.2, 0.25) is 0 Å². The van der Waals surface area contributed by atoms with Crippen LogP contribution in [0.3, 0.4) is 0 Å². The average molecular weight is 373 g/mol. The van der Waals surface area contributed by atoms with Crippen molar-refractivity contribution in [1.29, 1.82) is 0 Å². The predicted molar refractivity (Wildman–Crippen MR) is 107 cm³/mol. The molecule has 1 fully saturated rings. The summed E-state index contributed by atoms with van der Waals surface area (Å²) in [4.78, 5) is 17.0. The fraction of sp³-hybridized carbons (Fsp3) is 0.524. The number of aromatic nitrogens is 1. The van der Waals surface area contributed by atoms with Crippen LogP contribution < -0.4 is 5.32 Å². The first kappa shape index (κ1) is 19.1. The zero-order valence-electron chi connectivity index (χ0n) is 16.0. The second kappa shape index (κ2) is 7.89. The van der Waals surface area contributed by atoms with Gasteiger partial charge in [-0.2, -0.15) is 0 Å². The minimum atomic E-state index is -0.0231. The zero-order valence-corrected chi connectivity index (χ0v) is 16.9. The molecule has 2 aromatic rings. The van der Waals surface area contributed by atoms with Gasteiger partial charge in [0.05, 0.1) is 6.10 Å². The number of rotatable bonds is 4. The van der Waals surface area contributed by atoms with Gasteiger partial charge in [-0.25, -0.2) is 4.98 Å². The molecule has 1 aliphatic heterocycles. The second-order valence-electron chi connectivity index (χ2n) is 8.14. The third-order valence-electron chi connectivity index (χ3n) is 4.84. The van der Waals surface area contributed by atoms with Crippen LogP contribution in [0.1, 0.15) is 49.7 Å². The molecule has 2 unspecified atom stereocenters. The Morgan fingerprint density at radius 2 is 2.04 bits per heavy atom. The molecule has 3 rings (SSSR count). The summed E-state index contributed by atoms with van der Waals surface area (Å²) in [5, 5.41) is 6.13. The summed E-state index contributed by atoms with van der Waals surface area (Å²) in [6.45, 7) is 10.1. The second-order valence-corrected chi connectivity index (χ2v) is 9.00. The van der Waals surface area contributed by atoms with Crippen LogP contribution >= 0.6 is 11.3 Å². The van der Waals surface area contributed by atoms with Crippen LogP contribution in [0.25, 0.3) is 10.6 Å². The smallest absolute Gasteiger partial charge is 0.251 e. The molecule has 1 aromatic heterocycles. The van der Waals surface area contributed by atoms with Gasteiger partial charge in [0.1, 0.15) is 5.01 Å². The highest BCUT2D eigenvalue weighted by atomic mass is 32.1. The van der Waals surface area contributed by atoms with E-state index in [4.69, 9.17) is 4.74 Å². The lowest BCUT2D eigenvalue weighted by molar-refractivity contribution is -0.0839. The highest BCUT2D eigenvalue weighted by Gasteiger charge is 2.35. The Morgan fingerprint density at radius 1 is 1.31 bits per heavy atom. The summed E-state index contributed by atoms with van der Waals surface area (Å²) >= 11 is 1.62. The Balaban J connectivity index is 1.61. The van der Waals surface area contributed by atoms with Crippen LogP contribution in [0.5, 0.6) is 0 Å². The van der Waals surface area contributed by atoms with Gasteiger partial charge in [0.15, 0.2) is 0 Å². The number of amides is 1. The predicted octanol–water partition coefficient (Wildman–Crippen LogP) is 4.69. The summed E-state index contributed by atoms with van der Waals surface area (Å²) in [5.41, 5.74) is 2.85. The van der Waals surface area contributed by atoms with Crippen molar-refractivity contribution in [3.63, 3.8) is 0 Å². The summed E-state index contributed by atoms with van der Waals surface area (Å²) in [6.07, 6.45) is 2.35. The Hall–Kier alpha value is -1.72. The fourth-order valence-electron chi connectivity index (χ4n) is 3.59. The largest absolute Gasteiger partial charge is 0.377 e. The number of nitrogens with one attached hydrogen (secondary N) is 1. The Morgan fingerprint density at radius 3 is 2.65 bits per heavy atom. The number of carbonyl (C=O) groups excluding carboxylic acids is 1. The minimum absolute atomic E-state index is 0.0231.